The number of carbonyl (C=O) groups excluding carboxylic acids is 1. The van der Waals surface area contributed by atoms with Gasteiger partial charge < -0.3 is 14.3 Å². The summed E-state index contributed by atoms with van der Waals surface area (Å²) in [6.07, 6.45) is -5.27. The molecule has 0 aliphatic rings. The maximum atomic E-state index is 13.9. The average Bonchev–Trinajstić information content (AvgIpc) is 1.61. The molecule has 0 amide bonds. The van der Waals surface area contributed by atoms with E-state index in [1.165, 1.54) is 90.5 Å². The smallest absolute Gasteiger partial charge is 0.411 e. The van der Waals surface area contributed by atoms with Gasteiger partial charge in [-0.05, 0) is 149 Å². The molecule has 0 aliphatic carbocycles. The minimum absolute atomic E-state index is 0.0303. The molecule has 0 bridgehead atoms. The number of aromatic nitrogens is 10. The lowest BCUT2D eigenvalue weighted by molar-refractivity contribution is -0.137. The van der Waals surface area contributed by atoms with Gasteiger partial charge in [0.25, 0.3) is 0 Å². The second-order valence-electron chi connectivity index (χ2n) is 28.5. The topological polar surface area (TPSA) is 283 Å². The van der Waals surface area contributed by atoms with Crippen LogP contribution < -0.4 is 0 Å². The molecule has 622 valence electrons. The van der Waals surface area contributed by atoms with Crippen LogP contribution in [-0.2, 0) is 52.8 Å². The van der Waals surface area contributed by atoms with E-state index in [2.05, 4.69) is 40.4 Å². The maximum Gasteiger partial charge on any atom is 0.417 e. The highest BCUT2D eigenvalue weighted by Gasteiger charge is 2.38. The van der Waals surface area contributed by atoms with Gasteiger partial charge in [0.1, 0.15) is 40.3 Å². The molecule has 0 saturated carbocycles. The van der Waals surface area contributed by atoms with Crippen molar-refractivity contribution >= 4 is 52.1 Å². The number of carbonyl (C=O) groups is 1. The van der Waals surface area contributed by atoms with Crippen LogP contribution in [0.4, 0.5) is 39.5 Å². The summed E-state index contributed by atoms with van der Waals surface area (Å²) in [5.41, 5.74) is 3.89. The third-order valence-corrected chi connectivity index (χ3v) is 21.7. The second kappa shape index (κ2) is 36.0. The second-order valence-corrected chi connectivity index (χ2v) is 35.0. The summed E-state index contributed by atoms with van der Waals surface area (Å²) in [5, 5.41) is 20.0. The molecule has 0 atom stereocenters. The number of rotatable bonds is 19. The number of imidazole rings is 3. The third-order valence-electron chi connectivity index (χ3n) is 18.2. The Labute approximate surface area is 689 Å². The van der Waals surface area contributed by atoms with Crippen LogP contribution in [-0.4, -0.2) is 109 Å². The molecule has 1 N–H and O–H groups in total. The molecule has 0 fully saturated rings. The van der Waals surface area contributed by atoms with Crippen LogP contribution in [0.3, 0.4) is 0 Å². The molecule has 0 saturated heterocycles. The number of hydrogen-bond donors (Lipinski definition) is 1. The molecule has 21 nitrogen and oxygen atoms in total. The van der Waals surface area contributed by atoms with Crippen molar-refractivity contribution in [3.05, 3.63) is 271 Å². The zero-order valence-corrected chi connectivity index (χ0v) is 68.7. The van der Waals surface area contributed by atoms with Crippen molar-refractivity contribution in [1.82, 2.24) is 48.9 Å². The fraction of sp³-hybridized carbons (Fsp3) is 0.198. The van der Waals surface area contributed by atoms with Crippen molar-refractivity contribution in [2.24, 2.45) is 11.1 Å². The number of oxime groups is 1. The molecular weight excluding hydrogens is 1650 g/mol. The minimum atomic E-state index is -4.60. The monoisotopic (exact) mass is 1720 g/mol. The molecule has 5 aromatic heterocycles. The first-order valence-corrected chi connectivity index (χ1v) is 42.6. The summed E-state index contributed by atoms with van der Waals surface area (Å²) in [6.45, 7) is 12.9. The Morgan fingerprint density at radius 1 is 0.417 bits per heavy atom. The summed E-state index contributed by atoms with van der Waals surface area (Å²) in [6, 6.07) is 56.0. The van der Waals surface area contributed by atoms with Crippen LogP contribution in [0.1, 0.15) is 101 Å². The van der Waals surface area contributed by atoms with E-state index in [-0.39, 0.29) is 100 Å². The highest BCUT2D eigenvalue weighted by Crippen LogP contribution is 2.43. The van der Waals surface area contributed by atoms with Crippen LogP contribution in [0.25, 0.3) is 108 Å². The first kappa shape index (κ1) is 88.4. The number of benzene rings is 9. The fourth-order valence-corrected chi connectivity index (χ4v) is 14.5. The fourth-order valence-electron chi connectivity index (χ4n) is 12.1. The summed E-state index contributed by atoms with van der Waals surface area (Å²) < 4.78 is 212. The minimum Gasteiger partial charge on any atom is -0.411 e. The lowest BCUT2D eigenvalue weighted by atomic mass is 10.0. The van der Waals surface area contributed by atoms with E-state index in [1.807, 2.05) is 41.5 Å². The van der Waals surface area contributed by atoms with Gasteiger partial charge in [0.15, 0.2) is 29.5 Å². The van der Waals surface area contributed by atoms with Crippen molar-refractivity contribution in [3.63, 3.8) is 0 Å². The Kier molecular flexibility index (Phi) is 26.5. The standard InChI is InChI=1S/2C28H23F3N4O3S.C25H20F3N3O3S.C5H9ClO/c2*1-17(2)27-33-25(34-38-27)24-16-35(26(32-24)22-9-4-5-10-23(22)28(29,30)31)20-13-11-18(12-14-20)19-7-6-8-21(15-19)39(3,36)37;1-16(30-32)23-15-31(24(29-23)21-8-3-4-9-22(21)25(26,27)28)19-12-10-17(11-13-19)18-6-5-7-20(14-18)35(2,33)34;1-4(2)3-5(6)7/h2*4-17H,1-3H3;3-15,32H,1-2H3;4H,3H2,1-2H3/b;;30-16-;. The third kappa shape index (κ3) is 21.3. The van der Waals surface area contributed by atoms with Gasteiger partial charge in [0, 0.05) is 89.4 Å². The maximum absolute atomic E-state index is 13.9. The lowest BCUT2D eigenvalue weighted by Crippen LogP contribution is -2.09. The molecule has 0 unspecified atom stereocenters. The Bertz CT molecular complexity index is 6180. The van der Waals surface area contributed by atoms with Gasteiger partial charge in [-0.15, -0.1) is 0 Å². The van der Waals surface area contributed by atoms with Crippen molar-refractivity contribution in [2.45, 2.75) is 99.9 Å². The van der Waals surface area contributed by atoms with Gasteiger partial charge in [-0.3, -0.25) is 18.5 Å². The van der Waals surface area contributed by atoms with Crippen LogP contribution in [0.2, 0.25) is 0 Å². The average molecular weight is 1730 g/mol. The number of halogens is 10. The van der Waals surface area contributed by atoms with E-state index < -0.39 is 64.7 Å². The SMILES string of the molecule is C/C(=N/O)c1cn(-c2ccc(-c3cccc(S(C)(=O)=O)c3)cc2)c(-c2ccccc2C(F)(F)F)n1.CC(C)CC(=O)Cl.CC(C)c1nc(-c2cn(-c3ccc(-c4cccc(S(C)(=O)=O)c4)cc3)c(-c3ccccc3C(F)(F)F)n2)no1.CC(C)c1nc(-c2cn(-c3ccc(-c4cccc(S(C)(=O)=O)c4)cc3)c(-c3ccccc3C(F)(F)F)n2)no1. The van der Waals surface area contributed by atoms with Crippen LogP contribution in [0, 0.1) is 5.92 Å². The molecule has 34 heteroatoms. The zero-order chi connectivity index (χ0) is 87.1. The Morgan fingerprint density at radius 2 is 0.717 bits per heavy atom. The van der Waals surface area contributed by atoms with Crippen molar-refractivity contribution in [1.29, 1.82) is 0 Å². The quantitative estimate of drug-likeness (QED) is 0.0259. The van der Waals surface area contributed by atoms with Gasteiger partial charge in [0.2, 0.25) is 28.7 Å². The van der Waals surface area contributed by atoms with E-state index in [0.717, 1.165) is 53.7 Å². The van der Waals surface area contributed by atoms with E-state index in [4.69, 9.17) is 20.6 Å². The Balaban J connectivity index is 0.000000169. The van der Waals surface area contributed by atoms with E-state index in [0.29, 0.717) is 57.9 Å². The van der Waals surface area contributed by atoms with Gasteiger partial charge in [-0.25, -0.2) is 40.2 Å². The molecule has 5 heterocycles. The van der Waals surface area contributed by atoms with E-state index in [1.54, 1.807) is 149 Å². The van der Waals surface area contributed by atoms with Crippen molar-refractivity contribution in [3.8, 4) is 108 Å². The summed E-state index contributed by atoms with van der Waals surface area (Å²) in [4.78, 5) is 32.6. The summed E-state index contributed by atoms with van der Waals surface area (Å²) in [5.74, 6) is 1.57. The largest absolute Gasteiger partial charge is 0.417 e. The first-order chi connectivity index (χ1) is 56.4. The number of hydrogen-bond acceptors (Lipinski definition) is 18. The highest BCUT2D eigenvalue weighted by molar-refractivity contribution is 7.91. The van der Waals surface area contributed by atoms with Gasteiger partial charge in [-0.1, -0.05) is 184 Å². The van der Waals surface area contributed by atoms with Gasteiger partial charge in [-0.2, -0.15) is 49.5 Å². The van der Waals surface area contributed by atoms with Gasteiger partial charge >= 0.3 is 18.5 Å². The first-order valence-electron chi connectivity index (χ1n) is 36.5. The van der Waals surface area contributed by atoms with Crippen LogP contribution in [0.15, 0.2) is 266 Å². The predicted octanol–water partition coefficient (Wildman–Crippen LogP) is 21.2. The molecule has 9 aromatic carbocycles. The Hall–Kier alpha value is -12.5. The highest BCUT2D eigenvalue weighted by atomic mass is 35.5. The summed E-state index contributed by atoms with van der Waals surface area (Å²) in [7, 11) is -10.2. The van der Waals surface area contributed by atoms with Crippen molar-refractivity contribution < 1.29 is 83.8 Å². The van der Waals surface area contributed by atoms with E-state index in [9.17, 15) is 74.8 Å². The number of alkyl halides is 9. The Morgan fingerprint density at radius 3 is 0.975 bits per heavy atom. The molecule has 120 heavy (non-hydrogen) atoms. The normalized spacial score (nSPS) is 12.2. The van der Waals surface area contributed by atoms with Crippen LogP contribution in [0.5, 0.6) is 0 Å². The molecule has 14 rings (SSSR count). The van der Waals surface area contributed by atoms with Gasteiger partial charge in [0.05, 0.1) is 31.4 Å². The molecular formula is C86H75ClF9N11O10S3. The van der Waals surface area contributed by atoms with E-state index >= 15 is 0 Å². The molecule has 0 spiro atoms. The zero-order valence-electron chi connectivity index (χ0n) is 65.5. The summed E-state index contributed by atoms with van der Waals surface area (Å²) >= 11 is 5.03. The predicted molar refractivity (Wildman–Crippen MR) is 437 cm³/mol. The molecule has 14 aromatic rings. The molecule has 0 aliphatic heterocycles. The van der Waals surface area contributed by atoms with Crippen LogP contribution >= 0.6 is 11.6 Å². The van der Waals surface area contributed by atoms with Crippen molar-refractivity contribution in [2.75, 3.05) is 18.8 Å². The lowest BCUT2D eigenvalue weighted by Gasteiger charge is -2.14. The molecule has 0 radical (unpaired) electrons. The number of nitrogens with zero attached hydrogens (tertiary/aromatic N) is 11. The number of sulfone groups is 3.